The molecule has 0 saturated carbocycles. The molecule has 0 N–H and O–H groups in total. The van der Waals surface area contributed by atoms with E-state index in [2.05, 4.69) is 0 Å². The predicted molar refractivity (Wildman–Crippen MR) is 56.8 cm³/mol. The summed E-state index contributed by atoms with van der Waals surface area (Å²) in [7, 11) is 0. The molecule has 7 heteroatoms. The van der Waals surface area contributed by atoms with Gasteiger partial charge in [0.25, 0.3) is 0 Å². The molecule has 64 valence electrons. The van der Waals surface area contributed by atoms with Crippen molar-refractivity contribution >= 4 is 81.4 Å². The summed E-state index contributed by atoms with van der Waals surface area (Å²) >= 11 is 33.1. The van der Waals surface area contributed by atoms with Gasteiger partial charge in [0.05, 0.1) is 0 Å². The molecule has 11 heavy (non-hydrogen) atoms. The van der Waals surface area contributed by atoms with Crippen molar-refractivity contribution in [3.05, 3.63) is 17.7 Å². The summed E-state index contributed by atoms with van der Waals surface area (Å²) < 4.78 is 0.0862. The zero-order valence-corrected chi connectivity index (χ0v) is 10.0. The number of halogens is 6. The van der Waals surface area contributed by atoms with Gasteiger partial charge in [0.1, 0.15) is 17.7 Å². The Labute approximate surface area is 98.4 Å². The Morgan fingerprint density at radius 3 is 1.09 bits per heavy atom. The molecule has 0 unspecified atom stereocenters. The molecule has 0 aliphatic rings. The van der Waals surface area contributed by atoms with E-state index < -0.39 is 0 Å². The highest BCUT2D eigenvalue weighted by Gasteiger charge is 2.05. The van der Waals surface area contributed by atoms with Gasteiger partial charge in [-0.1, -0.05) is 81.4 Å². The molecule has 0 nitrogen and oxygen atoms in total. The van der Waals surface area contributed by atoms with Crippen molar-refractivity contribution in [2.45, 2.75) is 0 Å². The van der Waals surface area contributed by atoms with Crippen LogP contribution in [-0.4, -0.2) is 0 Å². The molecule has 0 fully saturated rings. The predicted octanol–water partition coefficient (Wildman–Crippen LogP) is 5.41. The summed E-state index contributed by atoms with van der Waals surface area (Å²) in [4.78, 5) is 0. The molecule has 0 aliphatic heterocycles. The van der Waals surface area contributed by atoms with Crippen LogP contribution in [0.15, 0.2) is 17.7 Å². The number of hydrogen-bond donors (Lipinski definition) is 0. The molecule has 0 rings (SSSR count). The lowest BCUT2D eigenvalue weighted by Crippen LogP contribution is -1.66. The van der Waals surface area contributed by atoms with E-state index in [4.69, 9.17) is 69.6 Å². The van der Waals surface area contributed by atoms with E-state index in [1.54, 1.807) is 0 Å². The molecule has 0 aromatic carbocycles. The molecule has 0 aromatic rings. The summed E-state index contributed by atoms with van der Waals surface area (Å²) in [6, 6.07) is 0. The molecule has 0 spiro atoms. The summed E-state index contributed by atoms with van der Waals surface area (Å²) in [6.07, 6.45) is 0. The zero-order valence-electron chi connectivity index (χ0n) is 4.68. The van der Waals surface area contributed by atoms with Crippen molar-refractivity contribution in [1.82, 2.24) is 0 Å². The minimum Gasteiger partial charge on any atom is -0.0737 e. The Balaban J connectivity index is 4.30. The van der Waals surface area contributed by atoms with Gasteiger partial charge in [-0.2, -0.15) is 0 Å². The van der Waals surface area contributed by atoms with Crippen LogP contribution in [0, 0.1) is 0 Å². The van der Waals surface area contributed by atoms with Crippen LogP contribution in [0.4, 0.5) is 0 Å². The van der Waals surface area contributed by atoms with Crippen LogP contribution >= 0.6 is 81.4 Å². The Bertz CT molecular complexity index is 177. The first-order chi connectivity index (χ1) is 4.95. The molecule has 0 saturated heterocycles. The fraction of sp³-hybridized carbons (Fsp3) is 0. The Kier molecular flexibility index (Phi) is 6.96. The van der Waals surface area contributed by atoms with Crippen molar-refractivity contribution < 1.29 is 0 Å². The minimum atomic E-state index is -0.0793. The van der Waals surface area contributed by atoms with E-state index in [0.717, 1.165) is 11.8 Å². The first kappa shape index (κ1) is 12.6. The lowest BCUT2D eigenvalue weighted by Gasteiger charge is -1.96. The van der Waals surface area contributed by atoms with Crippen LogP contribution in [-0.2, 0) is 0 Å². The van der Waals surface area contributed by atoms with Crippen LogP contribution < -0.4 is 0 Å². The van der Waals surface area contributed by atoms with Crippen molar-refractivity contribution in [1.29, 1.82) is 0 Å². The molecule has 0 heterocycles. The fourth-order valence-corrected chi connectivity index (χ4v) is 1.51. The van der Waals surface area contributed by atoms with Gasteiger partial charge in [0.15, 0.2) is 0 Å². The maximum Gasteiger partial charge on any atom is 0.132 e. The summed E-state index contributed by atoms with van der Waals surface area (Å²) in [5, 5.41) is 0. The van der Waals surface area contributed by atoms with Crippen molar-refractivity contribution in [2.24, 2.45) is 0 Å². The topological polar surface area (TPSA) is 0 Å². The van der Waals surface area contributed by atoms with Crippen molar-refractivity contribution in [3.63, 3.8) is 0 Å². The zero-order chi connectivity index (χ0) is 9.02. The SMILES string of the molecule is ClC(Cl)=C(Cl)SC(Cl)=C(Cl)Cl. The Hall–Kier alpha value is 1.57. The van der Waals surface area contributed by atoms with E-state index >= 15 is 0 Å². The molecular weight excluding hydrogens is 293 g/mol. The van der Waals surface area contributed by atoms with Crippen LogP contribution in [0.1, 0.15) is 0 Å². The molecule has 0 bridgehead atoms. The third kappa shape index (κ3) is 5.75. The van der Waals surface area contributed by atoms with Crippen LogP contribution in [0.5, 0.6) is 0 Å². The minimum absolute atomic E-state index is 0.0793. The first-order valence-corrected chi connectivity index (χ1v) is 5.13. The largest absolute Gasteiger partial charge is 0.132 e. The van der Waals surface area contributed by atoms with Gasteiger partial charge >= 0.3 is 0 Å². The number of thioether (sulfide) groups is 1. The van der Waals surface area contributed by atoms with Crippen LogP contribution in [0.3, 0.4) is 0 Å². The third-order valence-electron chi connectivity index (χ3n) is 0.476. The second-order valence-corrected chi connectivity index (χ2v) is 5.29. The lowest BCUT2D eigenvalue weighted by molar-refractivity contribution is 2.21. The number of rotatable bonds is 2. The highest BCUT2D eigenvalue weighted by molar-refractivity contribution is 8.09. The van der Waals surface area contributed by atoms with Gasteiger partial charge in [-0.05, 0) is 0 Å². The summed E-state index contributed by atoms with van der Waals surface area (Å²) in [5.41, 5.74) is 0. The highest BCUT2D eigenvalue weighted by atomic mass is 35.5. The van der Waals surface area contributed by atoms with Gasteiger partial charge in [-0.3, -0.25) is 0 Å². The van der Waals surface area contributed by atoms with Gasteiger partial charge in [-0.15, -0.1) is 0 Å². The average Bonchev–Trinajstić information content (AvgIpc) is 1.87. The van der Waals surface area contributed by atoms with Crippen LogP contribution in [0.2, 0.25) is 0 Å². The first-order valence-electron chi connectivity index (χ1n) is 2.04. The summed E-state index contributed by atoms with van der Waals surface area (Å²) in [5.74, 6) is 0. The third-order valence-corrected chi connectivity index (χ3v) is 3.67. The second-order valence-electron chi connectivity index (χ2n) is 1.17. The standard InChI is InChI=1S/C4Cl6S/c5-1(6)3(9)11-4(10)2(7)8. The highest BCUT2D eigenvalue weighted by Crippen LogP contribution is 2.39. The average molecular weight is 293 g/mol. The molecule has 0 aliphatic carbocycles. The van der Waals surface area contributed by atoms with Crippen molar-refractivity contribution in [2.75, 3.05) is 0 Å². The van der Waals surface area contributed by atoms with Gasteiger partial charge in [0, 0.05) is 0 Å². The van der Waals surface area contributed by atoms with E-state index in [-0.39, 0.29) is 17.7 Å². The van der Waals surface area contributed by atoms with E-state index in [1.165, 1.54) is 0 Å². The maximum absolute atomic E-state index is 5.50. The number of hydrogen-bond acceptors (Lipinski definition) is 1. The molecule has 0 atom stereocenters. The lowest BCUT2D eigenvalue weighted by atomic mass is 11.2. The van der Waals surface area contributed by atoms with E-state index in [0.29, 0.717) is 0 Å². The Morgan fingerprint density at radius 1 is 0.636 bits per heavy atom. The molecule has 0 amide bonds. The molecule has 0 aromatic heterocycles. The fourth-order valence-electron chi connectivity index (χ4n) is 0.156. The second kappa shape index (κ2) is 6.09. The quantitative estimate of drug-likeness (QED) is 0.656. The normalized spacial score (nSPS) is 9.27. The smallest absolute Gasteiger partial charge is 0.0737 e. The Morgan fingerprint density at radius 2 is 0.909 bits per heavy atom. The molecular formula is C4Cl6S. The summed E-state index contributed by atoms with van der Waals surface area (Å²) in [6.45, 7) is 0. The van der Waals surface area contributed by atoms with Gasteiger partial charge in [-0.25, -0.2) is 0 Å². The van der Waals surface area contributed by atoms with E-state index in [1.807, 2.05) is 0 Å². The maximum atomic E-state index is 5.50. The van der Waals surface area contributed by atoms with Crippen LogP contribution in [0.25, 0.3) is 0 Å². The van der Waals surface area contributed by atoms with Gasteiger partial charge < -0.3 is 0 Å². The van der Waals surface area contributed by atoms with E-state index in [9.17, 15) is 0 Å². The van der Waals surface area contributed by atoms with Crippen molar-refractivity contribution in [3.8, 4) is 0 Å². The monoisotopic (exact) mass is 290 g/mol. The van der Waals surface area contributed by atoms with Gasteiger partial charge in [0.2, 0.25) is 0 Å². The molecule has 0 radical (unpaired) electrons.